The fourth-order valence-electron chi connectivity index (χ4n) is 3.60. The van der Waals surface area contributed by atoms with Gasteiger partial charge in [-0.2, -0.15) is 20.2 Å². The number of halogens is 3. The molecule has 2 aromatic heterocycles. The molecule has 4 N–H and O–H groups in total. The van der Waals surface area contributed by atoms with Crippen molar-refractivity contribution in [3.8, 4) is 11.4 Å². The maximum atomic E-state index is 12.7. The minimum absolute atomic E-state index is 0. The quantitative estimate of drug-likeness (QED) is 0.301. The van der Waals surface area contributed by atoms with Crippen LogP contribution in [0.1, 0.15) is 11.3 Å². The number of benzene rings is 1. The summed E-state index contributed by atoms with van der Waals surface area (Å²) in [6, 6.07) is 11.4. The van der Waals surface area contributed by atoms with Crippen LogP contribution in [0.2, 0.25) is 0 Å². The molecule has 37 heavy (non-hydrogen) atoms. The average Bonchev–Trinajstić information content (AvgIpc) is 3.41. The van der Waals surface area contributed by atoms with Gasteiger partial charge in [-0.15, -0.1) is 6.54 Å². The molecule has 1 atom stereocenters. The third-order valence-corrected chi connectivity index (χ3v) is 5.59. The molecule has 1 saturated heterocycles. The summed E-state index contributed by atoms with van der Waals surface area (Å²) in [6.07, 6.45) is -2.79. The molecule has 0 aliphatic carbocycles. The fourth-order valence-corrected chi connectivity index (χ4v) is 3.60. The molecule has 9 nitrogen and oxygen atoms in total. The van der Waals surface area contributed by atoms with Crippen molar-refractivity contribution in [2.45, 2.75) is 18.9 Å². The number of aromatic nitrogens is 3. The monoisotopic (exact) mass is 691 g/mol. The van der Waals surface area contributed by atoms with Crippen LogP contribution in [0.4, 0.5) is 24.7 Å². The van der Waals surface area contributed by atoms with E-state index in [1.807, 2.05) is 24.3 Å². The molecule has 4 rings (SSSR count). The summed E-state index contributed by atoms with van der Waals surface area (Å²) in [5.74, 6) is 0.930. The second-order valence-corrected chi connectivity index (χ2v) is 8.18. The summed E-state index contributed by atoms with van der Waals surface area (Å²) < 4.78 is 38.1. The molecular formula is C24H30F3N6O3W-. The van der Waals surface area contributed by atoms with Crippen LogP contribution in [0, 0.1) is 0 Å². The van der Waals surface area contributed by atoms with Crippen molar-refractivity contribution >= 4 is 11.5 Å². The summed E-state index contributed by atoms with van der Waals surface area (Å²) in [6.45, 7) is 3.39. The summed E-state index contributed by atoms with van der Waals surface area (Å²) >= 11 is 0. The second-order valence-electron chi connectivity index (χ2n) is 8.18. The molecule has 1 aliphatic heterocycles. The van der Waals surface area contributed by atoms with Crippen LogP contribution in [0.25, 0.3) is 16.7 Å². The van der Waals surface area contributed by atoms with Crippen LogP contribution in [0.3, 0.4) is 0 Å². The van der Waals surface area contributed by atoms with Crippen molar-refractivity contribution in [1.82, 2.24) is 15.0 Å². The van der Waals surface area contributed by atoms with Gasteiger partial charge in [0.1, 0.15) is 17.3 Å². The standard InChI is InChI=1S/C20H20F3N5O.C4H10NO2.W/c21-20(22,23)17-12-25-19(26-17)15-3-6-18(24-11-15)28-9-7-27(8-10-28)16-4-1-14(13-29)2-5-16;1-5-2-4(7)3-6;/h1-6,11-12,29H,7-10,13H2,(H,25,26);4,6-7H,2-3H2,1H3;/q;-1;. The van der Waals surface area contributed by atoms with Crippen LogP contribution in [-0.4, -0.2) is 82.8 Å². The van der Waals surface area contributed by atoms with Crippen molar-refractivity contribution in [3.05, 3.63) is 65.4 Å². The van der Waals surface area contributed by atoms with E-state index in [1.165, 1.54) is 6.20 Å². The zero-order chi connectivity index (χ0) is 26.1. The number of H-pyrrole nitrogens is 1. The molecule has 0 amide bonds. The zero-order valence-corrected chi connectivity index (χ0v) is 23.2. The molecule has 0 saturated carbocycles. The van der Waals surface area contributed by atoms with Gasteiger partial charge >= 0.3 is 6.18 Å². The van der Waals surface area contributed by atoms with Gasteiger partial charge in [0.2, 0.25) is 0 Å². The molecule has 3 aromatic rings. The van der Waals surface area contributed by atoms with E-state index >= 15 is 0 Å². The van der Waals surface area contributed by atoms with Gasteiger partial charge in [0, 0.05) is 64.7 Å². The van der Waals surface area contributed by atoms with E-state index in [4.69, 9.17) is 15.3 Å². The SMILES string of the molecule is C[N-]CC(O)CO.OCc1ccc(N2CCN(c3ccc(-c4ncc(C(F)(F)F)[nH]4)cn3)CC2)cc1.[W]. The maximum Gasteiger partial charge on any atom is 0.432 e. The van der Waals surface area contributed by atoms with Crippen molar-refractivity contribution < 1.29 is 49.6 Å². The first-order valence-electron chi connectivity index (χ1n) is 11.4. The Kier molecular flexibility index (Phi) is 12.0. The molecule has 1 aromatic carbocycles. The Morgan fingerprint density at radius 3 is 2.08 bits per heavy atom. The largest absolute Gasteiger partial charge is 0.663 e. The molecule has 1 aliphatic rings. The minimum Gasteiger partial charge on any atom is -0.663 e. The van der Waals surface area contributed by atoms with Crippen molar-refractivity contribution in [3.63, 3.8) is 0 Å². The third-order valence-electron chi connectivity index (χ3n) is 5.59. The normalized spacial score (nSPS) is 14.5. The topological polar surface area (TPSA) is 123 Å². The Morgan fingerprint density at radius 2 is 1.62 bits per heavy atom. The Morgan fingerprint density at radius 1 is 0.973 bits per heavy atom. The first-order chi connectivity index (χ1) is 17.2. The molecule has 0 bridgehead atoms. The number of pyridine rings is 1. The van der Waals surface area contributed by atoms with E-state index in [1.54, 1.807) is 19.2 Å². The van der Waals surface area contributed by atoms with Crippen molar-refractivity contribution in [2.24, 2.45) is 0 Å². The molecular weight excluding hydrogens is 661 g/mol. The van der Waals surface area contributed by atoms with Crippen LogP contribution in [0.15, 0.2) is 48.8 Å². The third kappa shape index (κ3) is 8.79. The number of hydrogen-bond donors (Lipinski definition) is 4. The summed E-state index contributed by atoms with van der Waals surface area (Å²) in [5.41, 5.74) is 1.63. The molecule has 1 unspecified atom stereocenters. The minimum atomic E-state index is -4.45. The van der Waals surface area contributed by atoms with E-state index < -0.39 is 18.0 Å². The Hall–Kier alpha value is -2.50. The molecule has 0 spiro atoms. The predicted octanol–water partition coefficient (Wildman–Crippen LogP) is 2.65. The van der Waals surface area contributed by atoms with Gasteiger partial charge in [-0.25, -0.2) is 9.97 Å². The van der Waals surface area contributed by atoms with Gasteiger partial charge in [0.25, 0.3) is 0 Å². The van der Waals surface area contributed by atoms with Gasteiger partial charge < -0.3 is 35.4 Å². The van der Waals surface area contributed by atoms with Gasteiger partial charge in [-0.05, 0) is 29.8 Å². The summed E-state index contributed by atoms with van der Waals surface area (Å²) in [4.78, 5) is 14.9. The van der Waals surface area contributed by atoms with Gasteiger partial charge in [-0.3, -0.25) is 0 Å². The molecule has 202 valence electrons. The van der Waals surface area contributed by atoms with Crippen LogP contribution in [0.5, 0.6) is 0 Å². The van der Waals surface area contributed by atoms with Gasteiger partial charge in [-0.1, -0.05) is 12.1 Å². The van der Waals surface area contributed by atoms with Crippen LogP contribution < -0.4 is 9.80 Å². The van der Waals surface area contributed by atoms with Crippen molar-refractivity contribution in [1.29, 1.82) is 0 Å². The number of hydrogen-bond acceptors (Lipinski definition) is 7. The van der Waals surface area contributed by atoms with Crippen molar-refractivity contribution in [2.75, 3.05) is 56.2 Å². The van der Waals surface area contributed by atoms with Crippen LogP contribution in [-0.2, 0) is 33.8 Å². The number of nitrogens with zero attached hydrogens (tertiary/aromatic N) is 5. The number of nitrogens with one attached hydrogen (secondary N) is 1. The van der Waals surface area contributed by atoms with Gasteiger partial charge in [0.15, 0.2) is 0 Å². The number of rotatable bonds is 7. The number of piperazine rings is 1. The fraction of sp³-hybridized carbons (Fsp3) is 0.417. The molecule has 3 heterocycles. The first kappa shape index (κ1) is 30.7. The smallest absolute Gasteiger partial charge is 0.432 e. The number of anilines is 2. The number of likely N-dealkylation sites (N-methyl/N-ethyl adjacent to an activating group) is 1. The van der Waals surface area contributed by atoms with E-state index in [9.17, 15) is 13.2 Å². The summed E-state index contributed by atoms with van der Waals surface area (Å²) in [7, 11) is 1.60. The molecule has 0 radical (unpaired) electrons. The Bertz CT molecular complexity index is 1060. The molecule has 1 fully saturated rings. The second kappa shape index (κ2) is 14.4. The molecule has 13 heteroatoms. The van der Waals surface area contributed by atoms with E-state index in [2.05, 4.69) is 30.1 Å². The maximum absolute atomic E-state index is 12.7. The van der Waals surface area contributed by atoms with E-state index in [-0.39, 0.29) is 40.1 Å². The number of imidazole rings is 1. The number of aliphatic hydroxyl groups is 3. The van der Waals surface area contributed by atoms with E-state index in [0.29, 0.717) is 12.1 Å². The Labute approximate surface area is 227 Å². The predicted molar refractivity (Wildman–Crippen MR) is 131 cm³/mol. The van der Waals surface area contributed by atoms with E-state index in [0.717, 1.165) is 49.4 Å². The first-order valence-corrected chi connectivity index (χ1v) is 11.4. The average molecular weight is 691 g/mol. The number of aliphatic hydroxyl groups excluding tert-OH is 3. The number of aromatic amines is 1. The summed E-state index contributed by atoms with van der Waals surface area (Å²) in [5, 5.41) is 29.4. The van der Waals surface area contributed by atoms with Gasteiger partial charge in [0.05, 0.1) is 25.5 Å². The Balaban J connectivity index is 0.000000532. The number of alkyl halides is 3. The van der Waals surface area contributed by atoms with Crippen LogP contribution >= 0.6 is 0 Å². The zero-order valence-electron chi connectivity index (χ0n) is 20.3.